The molecule has 0 aromatic carbocycles. The lowest BCUT2D eigenvalue weighted by Crippen LogP contribution is -2.72. The molecule has 33 nitrogen and oxygen atoms in total. The van der Waals surface area contributed by atoms with Crippen molar-refractivity contribution < 1.29 is 142 Å². The van der Waals surface area contributed by atoms with Crippen LogP contribution in [0.2, 0.25) is 0 Å². The van der Waals surface area contributed by atoms with E-state index in [4.69, 9.17) is 56.8 Å². The summed E-state index contributed by atoms with van der Waals surface area (Å²) in [6.07, 6.45) is -40.8. The van der Waals surface area contributed by atoms with Crippen LogP contribution in [0.3, 0.4) is 0 Å². The Bertz CT molecular complexity index is 1950. The van der Waals surface area contributed by atoms with Crippen LogP contribution in [-0.4, -0.2) is 308 Å². The number of aliphatic hydroxyl groups excluding tert-OH is 13. The van der Waals surface area contributed by atoms with Crippen LogP contribution < -0.4 is 21.3 Å². The van der Waals surface area contributed by atoms with E-state index < -0.39 is 235 Å². The zero-order chi connectivity index (χ0) is 57.6. The Kier molecular flexibility index (Phi) is 23.2. The third-order valence-electron chi connectivity index (χ3n) is 14.1. The molecule has 6 aliphatic rings. The molecule has 78 heavy (non-hydrogen) atoms. The van der Waals surface area contributed by atoms with Gasteiger partial charge in [-0.25, -0.2) is 0 Å². The molecule has 0 aromatic rings. The molecule has 0 spiro atoms. The second-order valence-electron chi connectivity index (χ2n) is 19.8. The molecule has 0 saturated carbocycles. The normalized spacial score (nSPS) is 46.2. The molecule has 6 saturated heterocycles. The van der Waals surface area contributed by atoms with Gasteiger partial charge in [0.2, 0.25) is 23.6 Å². The van der Waals surface area contributed by atoms with Crippen LogP contribution in [0, 0.1) is 0 Å². The van der Waals surface area contributed by atoms with E-state index in [-0.39, 0.29) is 6.42 Å². The molecule has 6 rings (SSSR count). The Morgan fingerprint density at radius 2 is 0.821 bits per heavy atom. The van der Waals surface area contributed by atoms with Crippen LogP contribution in [0.4, 0.5) is 0 Å². The van der Waals surface area contributed by atoms with Crippen molar-refractivity contribution in [2.24, 2.45) is 0 Å². The van der Waals surface area contributed by atoms with Gasteiger partial charge in [-0.1, -0.05) is 0 Å². The van der Waals surface area contributed by atoms with Gasteiger partial charge < -0.3 is 144 Å². The highest BCUT2D eigenvalue weighted by Gasteiger charge is 2.57. The average Bonchev–Trinajstić information content (AvgIpc) is 3.42. The molecule has 0 aromatic heterocycles. The van der Waals surface area contributed by atoms with E-state index in [1.54, 1.807) is 0 Å². The van der Waals surface area contributed by atoms with Crippen molar-refractivity contribution in [3.05, 3.63) is 0 Å². The molecule has 17 N–H and O–H groups in total. The van der Waals surface area contributed by atoms with Gasteiger partial charge in [-0.05, 0) is 6.92 Å². The SMILES string of the molecule is CO[C@@H]1C(O)[C@H](O)C(C)O[C@H]1OCC1O[C@@H](O)C(NC(C)=O)[C@@H](O)[C@@H]1O[C@@H]1OC(CO)[C@@H](O[C@@H]2OC(CO)[C@@H](O[C@@H]3OC(CO)[C@@H](O[C@H]4C[C@@H](O)[C@H](O)C(CO)O4)[C@H](O)C3NC(C)=O)[C@H](O)C2NC(C)=O)[C@H](O)C1NC(C)=O. The standard InChI is InChI=1S/C45H76N4O29/c1-13-29(59)35(65)40(67-6)45(69-13)68-12-23-39(31(61)25(41(66)71-23)46-14(2)54)78-44-28(49-17(5)57)34(64)38(22(11-53)74-44)77-43-27(48-16(4)56)33(63)37(21(10-52)73-43)76-42-26(47-15(3)55)32(62)36(20(9-51)72-42)75-24-7-18(58)30(60)19(8-50)70-24/h13,18-45,50-53,58-66H,7-12H2,1-6H3,(H,46,54)(H,47,55)(H,48,56)(H,49,57)/t13?,18-,19?,20?,21?,22?,23?,24+,25?,26?,27?,28?,29-,30+,31-,32-,33-,34-,35?,36-,37-,38-,39-,40-,41-,42+,43+,44+,45-/m1/s1. The molecule has 11 unspecified atom stereocenters. The molecule has 6 aliphatic heterocycles. The molecule has 0 bridgehead atoms. The maximum atomic E-state index is 12.8. The number of methoxy groups -OCH3 is 1. The highest BCUT2D eigenvalue weighted by atomic mass is 16.8. The van der Waals surface area contributed by atoms with Crippen molar-refractivity contribution in [3.8, 4) is 0 Å². The van der Waals surface area contributed by atoms with Crippen molar-refractivity contribution in [2.45, 2.75) is 219 Å². The van der Waals surface area contributed by atoms with Crippen LogP contribution in [0.25, 0.3) is 0 Å². The quantitative estimate of drug-likeness (QED) is 0.0538. The van der Waals surface area contributed by atoms with E-state index in [9.17, 15) is 85.6 Å². The number of hydrogen-bond donors (Lipinski definition) is 17. The van der Waals surface area contributed by atoms with Crippen molar-refractivity contribution in [3.63, 3.8) is 0 Å². The summed E-state index contributed by atoms with van der Waals surface area (Å²) in [5, 5.41) is 151. The zero-order valence-electron chi connectivity index (χ0n) is 43.3. The van der Waals surface area contributed by atoms with Crippen molar-refractivity contribution in [1.29, 1.82) is 0 Å². The van der Waals surface area contributed by atoms with Crippen molar-refractivity contribution in [1.82, 2.24) is 21.3 Å². The third kappa shape index (κ3) is 14.7. The Morgan fingerprint density at radius 3 is 1.22 bits per heavy atom. The minimum atomic E-state index is -2.01. The molecule has 6 heterocycles. The molecule has 450 valence electrons. The fourth-order valence-corrected chi connectivity index (χ4v) is 10.2. The Labute approximate surface area is 445 Å². The summed E-state index contributed by atoms with van der Waals surface area (Å²) < 4.78 is 70.7. The Balaban J connectivity index is 1.23. The summed E-state index contributed by atoms with van der Waals surface area (Å²) in [4.78, 5) is 50.3. The summed E-state index contributed by atoms with van der Waals surface area (Å²) in [7, 11) is 1.21. The van der Waals surface area contributed by atoms with E-state index in [0.29, 0.717) is 0 Å². The molecule has 29 atom stereocenters. The molecule has 6 fully saturated rings. The summed E-state index contributed by atoms with van der Waals surface area (Å²) in [5.74, 6) is -3.08. The number of amides is 4. The van der Waals surface area contributed by atoms with Gasteiger partial charge in [0.1, 0.15) is 128 Å². The van der Waals surface area contributed by atoms with Crippen molar-refractivity contribution in [2.75, 3.05) is 40.1 Å². The number of nitrogens with one attached hydrogen (secondary N) is 4. The minimum absolute atomic E-state index is 0.357. The average molecular weight is 1140 g/mol. The Hall–Kier alpha value is -3.12. The molecular formula is C45H76N4O29. The smallest absolute Gasteiger partial charge is 0.217 e. The first-order valence-electron chi connectivity index (χ1n) is 25.2. The number of carbonyl (C=O) groups is 4. The molecule has 0 radical (unpaired) electrons. The first kappa shape index (κ1) is 64.1. The van der Waals surface area contributed by atoms with Gasteiger partial charge in [0.05, 0.1) is 45.2 Å². The summed E-state index contributed by atoms with van der Waals surface area (Å²) in [6.45, 7) is 1.47. The first-order valence-corrected chi connectivity index (χ1v) is 25.2. The number of carbonyl (C=O) groups excluding carboxylic acids is 4. The monoisotopic (exact) mass is 1140 g/mol. The largest absolute Gasteiger partial charge is 0.394 e. The maximum absolute atomic E-state index is 12.8. The van der Waals surface area contributed by atoms with E-state index in [2.05, 4.69) is 21.3 Å². The van der Waals surface area contributed by atoms with Gasteiger partial charge >= 0.3 is 0 Å². The first-order chi connectivity index (χ1) is 36.9. The number of aliphatic hydroxyl groups is 13. The second-order valence-corrected chi connectivity index (χ2v) is 19.8. The van der Waals surface area contributed by atoms with Crippen molar-refractivity contribution >= 4 is 23.6 Å². The van der Waals surface area contributed by atoms with E-state index in [1.807, 2.05) is 0 Å². The molecule has 0 aliphatic carbocycles. The molecule has 4 amide bonds. The van der Waals surface area contributed by atoms with Crippen LogP contribution >= 0.6 is 0 Å². The second kappa shape index (κ2) is 28.2. The summed E-state index contributed by atoms with van der Waals surface area (Å²) >= 11 is 0. The highest BCUT2D eigenvalue weighted by Crippen LogP contribution is 2.36. The van der Waals surface area contributed by atoms with E-state index >= 15 is 0 Å². The van der Waals surface area contributed by atoms with Crippen LogP contribution in [0.1, 0.15) is 41.0 Å². The number of hydrogen-bond acceptors (Lipinski definition) is 29. The predicted octanol–water partition coefficient (Wildman–Crippen LogP) is -10.8. The minimum Gasteiger partial charge on any atom is -0.394 e. The Morgan fingerprint density at radius 1 is 0.436 bits per heavy atom. The lowest BCUT2D eigenvalue weighted by atomic mass is 9.93. The van der Waals surface area contributed by atoms with Gasteiger partial charge in [-0.3, -0.25) is 19.2 Å². The predicted molar refractivity (Wildman–Crippen MR) is 248 cm³/mol. The van der Waals surface area contributed by atoms with E-state index in [1.165, 1.54) is 14.0 Å². The van der Waals surface area contributed by atoms with Gasteiger partial charge in [0, 0.05) is 41.2 Å². The van der Waals surface area contributed by atoms with E-state index in [0.717, 1.165) is 27.7 Å². The maximum Gasteiger partial charge on any atom is 0.217 e. The van der Waals surface area contributed by atoms with Gasteiger partial charge in [0.15, 0.2) is 37.7 Å². The van der Waals surface area contributed by atoms with Gasteiger partial charge in [-0.15, -0.1) is 0 Å². The molecule has 33 heteroatoms. The third-order valence-corrected chi connectivity index (χ3v) is 14.1. The number of ether oxygens (including phenoxy) is 12. The fourth-order valence-electron chi connectivity index (χ4n) is 10.2. The topological polar surface area (TPSA) is 490 Å². The highest BCUT2D eigenvalue weighted by molar-refractivity contribution is 5.74. The van der Waals surface area contributed by atoms with Crippen LogP contribution in [-0.2, 0) is 76.0 Å². The van der Waals surface area contributed by atoms with Gasteiger partial charge in [-0.2, -0.15) is 0 Å². The molecular weight excluding hydrogens is 1060 g/mol. The lowest BCUT2D eigenvalue weighted by molar-refractivity contribution is -0.368. The van der Waals surface area contributed by atoms with Crippen LogP contribution in [0.15, 0.2) is 0 Å². The summed E-state index contributed by atoms with van der Waals surface area (Å²) in [6, 6.07) is -6.61. The zero-order valence-corrected chi connectivity index (χ0v) is 43.3. The number of rotatable bonds is 20. The van der Waals surface area contributed by atoms with Crippen LogP contribution in [0.5, 0.6) is 0 Å². The fraction of sp³-hybridized carbons (Fsp3) is 0.911. The van der Waals surface area contributed by atoms with Gasteiger partial charge in [0.25, 0.3) is 0 Å². The lowest BCUT2D eigenvalue weighted by Gasteiger charge is -2.51. The summed E-state index contributed by atoms with van der Waals surface area (Å²) in [5.41, 5.74) is 0.